The van der Waals surface area contributed by atoms with Gasteiger partial charge in [-0.3, -0.25) is 0 Å². The summed E-state index contributed by atoms with van der Waals surface area (Å²) in [5.41, 5.74) is 4.27. The van der Waals surface area contributed by atoms with Crippen LogP contribution in [-0.4, -0.2) is 18.0 Å². The van der Waals surface area contributed by atoms with Crippen molar-refractivity contribution in [2.45, 2.75) is 59.2 Å². The SMILES string of the molecule is CC(C)=CC/C=C(/C)[C@H]1CC[C@@H]2CCC=C3CO[C@H](O)[C@@H]3[C@H]21. The van der Waals surface area contributed by atoms with Gasteiger partial charge >= 0.3 is 0 Å². The normalized spacial score (nSPS) is 38.1. The fourth-order valence-corrected chi connectivity index (χ4v) is 4.83. The van der Waals surface area contributed by atoms with Gasteiger partial charge < -0.3 is 9.84 Å². The summed E-state index contributed by atoms with van der Waals surface area (Å²) in [7, 11) is 0. The molecule has 122 valence electrons. The smallest absolute Gasteiger partial charge is 0.161 e. The second-order valence-electron chi connectivity index (χ2n) is 7.57. The number of aliphatic hydroxyl groups excluding tert-OH is 1. The summed E-state index contributed by atoms with van der Waals surface area (Å²) in [4.78, 5) is 0. The van der Waals surface area contributed by atoms with Crippen molar-refractivity contribution in [3.63, 3.8) is 0 Å². The van der Waals surface area contributed by atoms with E-state index in [-0.39, 0.29) is 5.92 Å². The lowest BCUT2D eigenvalue weighted by Gasteiger charge is -2.31. The van der Waals surface area contributed by atoms with E-state index >= 15 is 0 Å². The molecule has 1 N–H and O–H groups in total. The van der Waals surface area contributed by atoms with Gasteiger partial charge in [-0.15, -0.1) is 0 Å². The summed E-state index contributed by atoms with van der Waals surface area (Å²) in [6, 6.07) is 0. The van der Waals surface area contributed by atoms with Crippen LogP contribution in [0.25, 0.3) is 0 Å². The molecule has 2 aliphatic carbocycles. The quantitative estimate of drug-likeness (QED) is 0.771. The fraction of sp³-hybridized carbons (Fsp3) is 0.700. The highest BCUT2D eigenvalue weighted by Gasteiger charge is 2.48. The third-order valence-corrected chi connectivity index (χ3v) is 5.92. The zero-order valence-electron chi connectivity index (χ0n) is 14.2. The van der Waals surface area contributed by atoms with E-state index in [2.05, 4.69) is 39.0 Å². The number of hydrogen-bond acceptors (Lipinski definition) is 2. The van der Waals surface area contributed by atoms with Gasteiger partial charge in [0.15, 0.2) is 6.29 Å². The van der Waals surface area contributed by atoms with Gasteiger partial charge in [-0.1, -0.05) is 29.4 Å². The number of aliphatic hydroxyl groups is 1. The van der Waals surface area contributed by atoms with Gasteiger partial charge in [0.1, 0.15) is 0 Å². The molecule has 2 heteroatoms. The van der Waals surface area contributed by atoms with E-state index in [1.54, 1.807) is 0 Å². The van der Waals surface area contributed by atoms with Crippen molar-refractivity contribution >= 4 is 0 Å². The van der Waals surface area contributed by atoms with E-state index in [9.17, 15) is 5.11 Å². The highest BCUT2D eigenvalue weighted by atomic mass is 16.6. The lowest BCUT2D eigenvalue weighted by atomic mass is 9.74. The zero-order valence-corrected chi connectivity index (χ0v) is 14.2. The van der Waals surface area contributed by atoms with Gasteiger partial charge in [0.05, 0.1) is 6.61 Å². The maximum atomic E-state index is 10.4. The van der Waals surface area contributed by atoms with Crippen LogP contribution >= 0.6 is 0 Å². The van der Waals surface area contributed by atoms with Gasteiger partial charge in [0.2, 0.25) is 0 Å². The number of fused-ring (bicyclic) bond motifs is 3. The molecule has 1 aliphatic heterocycles. The minimum absolute atomic E-state index is 0.242. The van der Waals surface area contributed by atoms with E-state index in [0.717, 1.165) is 18.8 Å². The van der Waals surface area contributed by atoms with Crippen molar-refractivity contribution in [2.24, 2.45) is 23.7 Å². The Balaban J connectivity index is 1.81. The molecule has 0 bridgehead atoms. The van der Waals surface area contributed by atoms with Crippen molar-refractivity contribution in [3.05, 3.63) is 34.9 Å². The van der Waals surface area contributed by atoms with Crippen LogP contribution < -0.4 is 0 Å². The summed E-state index contributed by atoms with van der Waals surface area (Å²) in [6.07, 6.45) is 12.5. The summed E-state index contributed by atoms with van der Waals surface area (Å²) in [6.45, 7) is 7.25. The summed E-state index contributed by atoms with van der Waals surface area (Å²) < 4.78 is 5.56. The standard InChI is InChI=1S/C20H30O2/c1-13(2)6-4-7-14(3)17-11-10-15-8-5-9-16-12-22-20(21)19(16)18(15)17/h6-7,9,15,17-21H,4-5,8,10-12H2,1-3H3/b14-7-/t15-,17+,18+,19-,20-/m0/s1. The molecule has 1 saturated heterocycles. The Morgan fingerprint density at radius 3 is 2.82 bits per heavy atom. The third kappa shape index (κ3) is 3.09. The molecule has 0 aromatic carbocycles. The van der Waals surface area contributed by atoms with Crippen LogP contribution in [0.4, 0.5) is 0 Å². The summed E-state index contributed by atoms with van der Waals surface area (Å²) in [5, 5.41) is 10.4. The van der Waals surface area contributed by atoms with Gasteiger partial charge in [-0.2, -0.15) is 0 Å². The molecular formula is C20H30O2. The average Bonchev–Trinajstić information content (AvgIpc) is 2.97. The third-order valence-electron chi connectivity index (χ3n) is 5.92. The Morgan fingerprint density at radius 2 is 2.05 bits per heavy atom. The summed E-state index contributed by atoms with van der Waals surface area (Å²) >= 11 is 0. The lowest BCUT2D eigenvalue weighted by molar-refractivity contribution is -0.0981. The molecular weight excluding hydrogens is 272 g/mol. The van der Waals surface area contributed by atoms with E-state index in [1.807, 2.05) is 0 Å². The van der Waals surface area contributed by atoms with Crippen LogP contribution in [0.1, 0.15) is 52.9 Å². The molecule has 1 heterocycles. The largest absolute Gasteiger partial charge is 0.367 e. The summed E-state index contributed by atoms with van der Waals surface area (Å²) in [5.74, 6) is 2.20. The molecule has 0 amide bonds. The van der Waals surface area contributed by atoms with Crippen LogP contribution in [0.15, 0.2) is 34.9 Å². The molecule has 2 fully saturated rings. The lowest BCUT2D eigenvalue weighted by Crippen LogP contribution is -2.31. The Bertz CT molecular complexity index is 496. The van der Waals surface area contributed by atoms with Crippen molar-refractivity contribution in [1.82, 2.24) is 0 Å². The van der Waals surface area contributed by atoms with Crippen molar-refractivity contribution in [1.29, 1.82) is 0 Å². The van der Waals surface area contributed by atoms with Crippen LogP contribution in [0, 0.1) is 23.7 Å². The molecule has 3 rings (SSSR count). The number of ether oxygens (including phenoxy) is 1. The molecule has 5 atom stereocenters. The topological polar surface area (TPSA) is 29.5 Å². The Kier molecular flexibility index (Phi) is 4.89. The van der Waals surface area contributed by atoms with Gasteiger partial charge in [-0.25, -0.2) is 0 Å². The Labute approximate surface area is 134 Å². The minimum Gasteiger partial charge on any atom is -0.367 e. The minimum atomic E-state index is -0.581. The predicted molar refractivity (Wildman–Crippen MR) is 90.3 cm³/mol. The first-order valence-corrected chi connectivity index (χ1v) is 8.86. The van der Waals surface area contributed by atoms with Gasteiger partial charge in [-0.05, 0) is 76.2 Å². The fourth-order valence-electron chi connectivity index (χ4n) is 4.83. The second-order valence-corrected chi connectivity index (χ2v) is 7.57. The molecule has 3 aliphatic rings. The Morgan fingerprint density at radius 1 is 1.23 bits per heavy atom. The molecule has 0 spiro atoms. The Hall–Kier alpha value is -0.860. The average molecular weight is 302 g/mol. The van der Waals surface area contributed by atoms with E-state index in [4.69, 9.17) is 4.74 Å². The molecule has 0 aromatic heterocycles. The number of allylic oxidation sites excluding steroid dienone is 5. The van der Waals surface area contributed by atoms with E-state index < -0.39 is 6.29 Å². The molecule has 0 unspecified atom stereocenters. The van der Waals surface area contributed by atoms with Crippen LogP contribution in [0.5, 0.6) is 0 Å². The van der Waals surface area contributed by atoms with Gasteiger partial charge in [0.25, 0.3) is 0 Å². The zero-order chi connectivity index (χ0) is 15.7. The number of hydrogen-bond donors (Lipinski definition) is 1. The van der Waals surface area contributed by atoms with Crippen molar-refractivity contribution in [2.75, 3.05) is 6.61 Å². The van der Waals surface area contributed by atoms with E-state index in [1.165, 1.54) is 36.0 Å². The van der Waals surface area contributed by atoms with E-state index in [0.29, 0.717) is 18.4 Å². The highest BCUT2D eigenvalue weighted by molar-refractivity contribution is 5.21. The van der Waals surface area contributed by atoms with Gasteiger partial charge in [0, 0.05) is 5.92 Å². The van der Waals surface area contributed by atoms with Crippen LogP contribution in [0.3, 0.4) is 0 Å². The molecule has 0 aromatic rings. The maximum absolute atomic E-state index is 10.4. The van der Waals surface area contributed by atoms with Crippen LogP contribution in [-0.2, 0) is 4.74 Å². The van der Waals surface area contributed by atoms with Crippen molar-refractivity contribution < 1.29 is 9.84 Å². The highest BCUT2D eigenvalue weighted by Crippen LogP contribution is 2.52. The molecule has 1 saturated carbocycles. The first-order chi connectivity index (χ1) is 10.6. The molecule has 2 nitrogen and oxygen atoms in total. The molecule has 22 heavy (non-hydrogen) atoms. The first-order valence-electron chi connectivity index (χ1n) is 8.86. The predicted octanol–water partition coefficient (Wildman–Crippen LogP) is 4.62. The van der Waals surface area contributed by atoms with Crippen molar-refractivity contribution in [3.8, 4) is 0 Å². The first kappa shape index (κ1) is 16.0. The van der Waals surface area contributed by atoms with Crippen LogP contribution in [0.2, 0.25) is 0 Å². The maximum Gasteiger partial charge on any atom is 0.161 e. The molecule has 0 radical (unpaired) electrons. The monoisotopic (exact) mass is 302 g/mol. The second kappa shape index (κ2) is 6.72. The number of rotatable bonds is 3.